The van der Waals surface area contributed by atoms with Crippen LogP contribution in [0.25, 0.3) is 0 Å². The van der Waals surface area contributed by atoms with Gasteiger partial charge in [-0.25, -0.2) is 0 Å². The van der Waals surface area contributed by atoms with Crippen LogP contribution in [0.2, 0.25) is 0 Å². The highest BCUT2D eigenvalue weighted by molar-refractivity contribution is 7.80. The molecule has 0 saturated carbocycles. The number of allylic oxidation sites excluding steroid dienone is 1. The highest BCUT2D eigenvalue weighted by atomic mass is 32.1. The van der Waals surface area contributed by atoms with E-state index in [-0.39, 0.29) is 0 Å². The van der Waals surface area contributed by atoms with Crippen LogP contribution >= 0.6 is 12.6 Å². The van der Waals surface area contributed by atoms with Gasteiger partial charge in [-0.05, 0) is 12.8 Å². The van der Waals surface area contributed by atoms with Crippen LogP contribution in [0, 0.1) is 5.92 Å². The van der Waals surface area contributed by atoms with Crippen molar-refractivity contribution in [2.24, 2.45) is 5.92 Å². The molecule has 0 bridgehead atoms. The van der Waals surface area contributed by atoms with E-state index in [9.17, 15) is 0 Å². The summed E-state index contributed by atoms with van der Waals surface area (Å²) in [5, 5.41) is 0.437. The first-order valence-electron chi connectivity index (χ1n) is 2.89. The molecule has 48 valence electrons. The fraction of sp³-hybridized carbons (Fsp3) is 0.714. The summed E-state index contributed by atoms with van der Waals surface area (Å²) >= 11 is 4.27. The van der Waals surface area contributed by atoms with E-state index in [1.807, 2.05) is 6.92 Å². The van der Waals surface area contributed by atoms with Gasteiger partial charge in [-0.15, -0.1) is 0 Å². The molecule has 0 spiro atoms. The lowest BCUT2D eigenvalue weighted by atomic mass is 10.0. The Balaban J connectivity index is 3.64. The second kappa shape index (κ2) is 3.18. The summed E-state index contributed by atoms with van der Waals surface area (Å²) in [6.07, 6.45) is 0. The van der Waals surface area contributed by atoms with Crippen molar-refractivity contribution in [2.45, 2.75) is 26.0 Å². The molecule has 0 rings (SSSR count). The van der Waals surface area contributed by atoms with E-state index in [1.54, 1.807) is 0 Å². The minimum atomic E-state index is 0.437. The Labute approximate surface area is 57.4 Å². The zero-order valence-corrected chi connectivity index (χ0v) is 6.70. The van der Waals surface area contributed by atoms with Crippen molar-refractivity contribution in [3.05, 3.63) is 12.2 Å². The molecule has 0 saturated heterocycles. The van der Waals surface area contributed by atoms with Crippen molar-refractivity contribution in [2.75, 3.05) is 0 Å². The molecule has 0 heterocycles. The van der Waals surface area contributed by atoms with Gasteiger partial charge in [-0.3, -0.25) is 0 Å². The lowest BCUT2D eigenvalue weighted by Gasteiger charge is -2.13. The second-order valence-electron chi connectivity index (χ2n) is 2.38. The minimum absolute atomic E-state index is 0.437. The molecule has 2 atom stereocenters. The van der Waals surface area contributed by atoms with Crippen LogP contribution in [0.15, 0.2) is 12.2 Å². The SMILES string of the molecule is C=C(C)C(C)C(C)S. The van der Waals surface area contributed by atoms with Gasteiger partial charge in [0.2, 0.25) is 0 Å². The van der Waals surface area contributed by atoms with Gasteiger partial charge in [0, 0.05) is 5.25 Å². The van der Waals surface area contributed by atoms with Gasteiger partial charge in [0.1, 0.15) is 0 Å². The number of hydrogen-bond donors (Lipinski definition) is 1. The molecule has 0 aliphatic heterocycles. The van der Waals surface area contributed by atoms with Crippen molar-refractivity contribution >= 4 is 12.6 Å². The van der Waals surface area contributed by atoms with E-state index in [0.29, 0.717) is 11.2 Å². The van der Waals surface area contributed by atoms with E-state index in [2.05, 4.69) is 33.1 Å². The van der Waals surface area contributed by atoms with Crippen LogP contribution in [0.1, 0.15) is 20.8 Å². The predicted molar refractivity (Wildman–Crippen MR) is 42.4 cm³/mol. The first-order valence-corrected chi connectivity index (χ1v) is 3.40. The fourth-order valence-electron chi connectivity index (χ4n) is 0.412. The van der Waals surface area contributed by atoms with Gasteiger partial charge in [0.25, 0.3) is 0 Å². The summed E-state index contributed by atoms with van der Waals surface area (Å²) in [5.74, 6) is 0.540. The van der Waals surface area contributed by atoms with Crippen LogP contribution in [0.4, 0.5) is 0 Å². The average molecular weight is 130 g/mol. The monoisotopic (exact) mass is 130 g/mol. The normalized spacial score (nSPS) is 17.5. The van der Waals surface area contributed by atoms with Gasteiger partial charge in [0.05, 0.1) is 0 Å². The molecule has 0 radical (unpaired) electrons. The van der Waals surface area contributed by atoms with Crippen LogP contribution < -0.4 is 0 Å². The van der Waals surface area contributed by atoms with Crippen LogP contribution in [0.5, 0.6) is 0 Å². The van der Waals surface area contributed by atoms with Crippen molar-refractivity contribution in [3.8, 4) is 0 Å². The Kier molecular flexibility index (Phi) is 3.22. The Morgan fingerprint density at radius 3 is 1.88 bits per heavy atom. The Morgan fingerprint density at radius 2 is 1.88 bits per heavy atom. The predicted octanol–water partition coefficient (Wildman–Crippen LogP) is 2.52. The van der Waals surface area contributed by atoms with Gasteiger partial charge >= 0.3 is 0 Å². The molecule has 0 aliphatic carbocycles. The molecule has 1 heteroatoms. The van der Waals surface area contributed by atoms with E-state index in [1.165, 1.54) is 5.57 Å². The standard InChI is InChI=1S/C7H14S/c1-5(2)6(3)7(4)8/h6-8H,1H2,2-4H3. The molecule has 2 unspecified atom stereocenters. The minimum Gasteiger partial charge on any atom is -0.176 e. The third-order valence-electron chi connectivity index (χ3n) is 1.50. The summed E-state index contributed by atoms with van der Waals surface area (Å²) in [4.78, 5) is 0. The molecule has 0 aromatic rings. The second-order valence-corrected chi connectivity index (χ2v) is 3.19. The number of rotatable bonds is 2. The van der Waals surface area contributed by atoms with E-state index in [0.717, 1.165) is 0 Å². The highest BCUT2D eigenvalue weighted by Gasteiger charge is 2.06. The van der Waals surface area contributed by atoms with Gasteiger partial charge < -0.3 is 0 Å². The molecule has 8 heavy (non-hydrogen) atoms. The smallest absolute Gasteiger partial charge is 0.00511 e. The Bertz CT molecular complexity index is 84.4. The molecule has 0 N–H and O–H groups in total. The topological polar surface area (TPSA) is 0 Å². The quantitative estimate of drug-likeness (QED) is 0.431. The van der Waals surface area contributed by atoms with E-state index < -0.39 is 0 Å². The van der Waals surface area contributed by atoms with Gasteiger partial charge in [0.15, 0.2) is 0 Å². The Morgan fingerprint density at radius 1 is 1.50 bits per heavy atom. The average Bonchev–Trinajstić information content (AvgIpc) is 1.64. The molecule has 0 amide bonds. The van der Waals surface area contributed by atoms with E-state index >= 15 is 0 Å². The molecule has 0 fully saturated rings. The molecular weight excluding hydrogens is 116 g/mol. The first kappa shape index (κ1) is 8.09. The maximum atomic E-state index is 4.27. The molecule has 0 nitrogen and oxygen atoms in total. The van der Waals surface area contributed by atoms with Crippen LogP contribution in [0.3, 0.4) is 0 Å². The maximum Gasteiger partial charge on any atom is 0.00511 e. The first-order chi connectivity index (χ1) is 3.55. The van der Waals surface area contributed by atoms with Crippen molar-refractivity contribution in [3.63, 3.8) is 0 Å². The highest BCUT2D eigenvalue weighted by Crippen LogP contribution is 2.15. The lowest BCUT2D eigenvalue weighted by molar-refractivity contribution is 0.678. The molecular formula is C7H14S. The van der Waals surface area contributed by atoms with Gasteiger partial charge in [-0.1, -0.05) is 26.0 Å². The van der Waals surface area contributed by atoms with Crippen molar-refractivity contribution in [1.29, 1.82) is 0 Å². The van der Waals surface area contributed by atoms with Crippen LogP contribution in [-0.4, -0.2) is 5.25 Å². The van der Waals surface area contributed by atoms with Crippen molar-refractivity contribution < 1.29 is 0 Å². The van der Waals surface area contributed by atoms with Gasteiger partial charge in [-0.2, -0.15) is 12.6 Å². The van der Waals surface area contributed by atoms with Crippen LogP contribution in [-0.2, 0) is 0 Å². The summed E-state index contributed by atoms with van der Waals surface area (Å²) in [7, 11) is 0. The summed E-state index contributed by atoms with van der Waals surface area (Å²) in [6.45, 7) is 10.1. The summed E-state index contributed by atoms with van der Waals surface area (Å²) in [5.41, 5.74) is 1.22. The summed E-state index contributed by atoms with van der Waals surface area (Å²) < 4.78 is 0. The molecule has 0 aromatic carbocycles. The summed E-state index contributed by atoms with van der Waals surface area (Å²) in [6, 6.07) is 0. The number of thiol groups is 1. The molecule has 0 aromatic heterocycles. The largest absolute Gasteiger partial charge is 0.176 e. The third-order valence-corrected chi connectivity index (χ3v) is 1.95. The maximum absolute atomic E-state index is 4.27. The molecule has 0 aliphatic rings. The zero-order chi connectivity index (χ0) is 6.73. The fourth-order valence-corrected chi connectivity index (χ4v) is 0.666. The van der Waals surface area contributed by atoms with Crippen molar-refractivity contribution in [1.82, 2.24) is 0 Å². The Hall–Kier alpha value is 0.0900. The lowest BCUT2D eigenvalue weighted by Crippen LogP contribution is -2.06. The third kappa shape index (κ3) is 2.41. The zero-order valence-electron chi connectivity index (χ0n) is 5.81. The van der Waals surface area contributed by atoms with E-state index in [4.69, 9.17) is 0 Å². The number of hydrogen-bond acceptors (Lipinski definition) is 1.